The van der Waals surface area contributed by atoms with E-state index in [0.717, 1.165) is 69.7 Å². The minimum atomic E-state index is 0.651. The Morgan fingerprint density at radius 3 is 2.55 bits per heavy atom. The standard InChI is InChI=1S/C23H23ClN6S/c1-29-8-10-30(11-9-29)20-7-2-16(12-25-20)13-26-22-21-19(14-31-23(21)28-15-27-22)17-3-5-18(24)6-4-17/h2-7,12,14-15H,8-11,13H2,1H3,(H,26,27,28). The SMILES string of the molecule is CN1CCN(c2ccc(CNc3ncnc4scc(-c5ccc(Cl)cc5)c34)cn2)CC1. The summed E-state index contributed by atoms with van der Waals surface area (Å²) in [5.74, 6) is 1.88. The fourth-order valence-electron chi connectivity index (χ4n) is 3.78. The van der Waals surface area contributed by atoms with Crippen LogP contribution in [0.1, 0.15) is 5.56 Å². The van der Waals surface area contributed by atoms with Crippen LogP contribution in [0.3, 0.4) is 0 Å². The van der Waals surface area contributed by atoms with Crippen LogP contribution < -0.4 is 10.2 Å². The molecule has 5 rings (SSSR count). The largest absolute Gasteiger partial charge is 0.365 e. The molecular weight excluding hydrogens is 428 g/mol. The summed E-state index contributed by atoms with van der Waals surface area (Å²) in [4.78, 5) is 19.3. The van der Waals surface area contributed by atoms with Gasteiger partial charge in [0.05, 0.1) is 5.39 Å². The molecule has 0 bridgehead atoms. The Kier molecular flexibility index (Phi) is 5.72. The maximum atomic E-state index is 6.06. The van der Waals surface area contributed by atoms with Gasteiger partial charge in [-0.25, -0.2) is 15.0 Å². The van der Waals surface area contributed by atoms with Crippen molar-refractivity contribution >= 4 is 44.8 Å². The minimum absolute atomic E-state index is 0.651. The van der Waals surface area contributed by atoms with E-state index in [1.54, 1.807) is 17.7 Å². The summed E-state index contributed by atoms with van der Waals surface area (Å²) < 4.78 is 0. The predicted octanol–water partition coefficient (Wildman–Crippen LogP) is 4.77. The number of nitrogens with zero attached hydrogens (tertiary/aromatic N) is 5. The molecule has 1 aliphatic rings. The molecule has 0 spiro atoms. The molecule has 0 saturated carbocycles. The van der Waals surface area contributed by atoms with Gasteiger partial charge in [-0.2, -0.15) is 0 Å². The first-order chi connectivity index (χ1) is 15.2. The van der Waals surface area contributed by atoms with Gasteiger partial charge >= 0.3 is 0 Å². The number of hydrogen-bond donors (Lipinski definition) is 1. The number of aromatic nitrogens is 3. The predicted molar refractivity (Wildman–Crippen MR) is 129 cm³/mol. The van der Waals surface area contributed by atoms with E-state index in [0.29, 0.717) is 6.54 Å². The number of fused-ring (bicyclic) bond motifs is 1. The van der Waals surface area contributed by atoms with Gasteiger partial charge in [-0.3, -0.25) is 0 Å². The summed E-state index contributed by atoms with van der Waals surface area (Å²) >= 11 is 7.68. The van der Waals surface area contributed by atoms with Crippen molar-refractivity contribution in [2.75, 3.05) is 43.4 Å². The zero-order chi connectivity index (χ0) is 21.2. The highest BCUT2D eigenvalue weighted by Crippen LogP contribution is 2.37. The minimum Gasteiger partial charge on any atom is -0.365 e. The van der Waals surface area contributed by atoms with Crippen LogP contribution in [0.5, 0.6) is 0 Å². The van der Waals surface area contributed by atoms with Crippen molar-refractivity contribution in [1.82, 2.24) is 19.9 Å². The van der Waals surface area contributed by atoms with Gasteiger partial charge in [0, 0.05) is 54.9 Å². The normalized spacial score (nSPS) is 14.8. The number of rotatable bonds is 5. The maximum absolute atomic E-state index is 6.06. The summed E-state index contributed by atoms with van der Waals surface area (Å²) in [6, 6.07) is 12.1. The molecule has 0 amide bonds. The molecule has 31 heavy (non-hydrogen) atoms. The van der Waals surface area contributed by atoms with Crippen molar-refractivity contribution in [1.29, 1.82) is 0 Å². The Morgan fingerprint density at radius 2 is 1.81 bits per heavy atom. The summed E-state index contributed by atoms with van der Waals surface area (Å²) in [5, 5.41) is 7.38. The first-order valence-electron chi connectivity index (χ1n) is 10.3. The van der Waals surface area contributed by atoms with Crippen LogP contribution >= 0.6 is 22.9 Å². The molecule has 4 heterocycles. The monoisotopic (exact) mass is 450 g/mol. The Bertz CT molecular complexity index is 1170. The molecule has 1 fully saturated rings. The molecule has 1 N–H and O–H groups in total. The van der Waals surface area contributed by atoms with Crippen LogP contribution in [-0.4, -0.2) is 53.1 Å². The number of benzene rings is 1. The molecule has 3 aromatic heterocycles. The second kappa shape index (κ2) is 8.78. The summed E-state index contributed by atoms with van der Waals surface area (Å²) in [7, 11) is 2.16. The molecule has 6 nitrogen and oxygen atoms in total. The second-order valence-electron chi connectivity index (χ2n) is 7.73. The van der Waals surface area contributed by atoms with Gasteiger partial charge in [0.15, 0.2) is 0 Å². The molecule has 0 aliphatic carbocycles. The third kappa shape index (κ3) is 4.35. The van der Waals surface area contributed by atoms with Crippen LogP contribution in [-0.2, 0) is 6.54 Å². The molecule has 4 aromatic rings. The van der Waals surface area contributed by atoms with E-state index in [1.807, 2.05) is 30.5 Å². The van der Waals surface area contributed by atoms with Gasteiger partial charge in [-0.05, 0) is 36.4 Å². The quantitative estimate of drug-likeness (QED) is 0.472. The average Bonchev–Trinajstić information content (AvgIpc) is 3.24. The van der Waals surface area contributed by atoms with Gasteiger partial charge < -0.3 is 15.1 Å². The number of hydrogen-bond acceptors (Lipinski definition) is 7. The van der Waals surface area contributed by atoms with E-state index in [2.05, 4.69) is 54.6 Å². The third-order valence-corrected chi connectivity index (χ3v) is 6.76. The van der Waals surface area contributed by atoms with Crippen molar-refractivity contribution in [3.05, 3.63) is 64.9 Å². The van der Waals surface area contributed by atoms with Gasteiger partial charge in [0.25, 0.3) is 0 Å². The second-order valence-corrected chi connectivity index (χ2v) is 9.02. The fraction of sp³-hybridized carbons (Fsp3) is 0.261. The zero-order valence-corrected chi connectivity index (χ0v) is 18.8. The van der Waals surface area contributed by atoms with Crippen molar-refractivity contribution in [2.24, 2.45) is 0 Å². The molecule has 1 aromatic carbocycles. The highest BCUT2D eigenvalue weighted by Gasteiger charge is 2.16. The topological polar surface area (TPSA) is 57.2 Å². The molecule has 0 atom stereocenters. The Labute approximate surface area is 190 Å². The van der Waals surface area contributed by atoms with Gasteiger partial charge in [0.2, 0.25) is 0 Å². The number of pyridine rings is 1. The fourth-order valence-corrected chi connectivity index (χ4v) is 4.82. The lowest BCUT2D eigenvalue weighted by Crippen LogP contribution is -2.44. The Morgan fingerprint density at radius 1 is 1.00 bits per heavy atom. The van der Waals surface area contributed by atoms with E-state index < -0.39 is 0 Å². The number of nitrogens with one attached hydrogen (secondary N) is 1. The molecular formula is C23H23ClN6S. The van der Waals surface area contributed by atoms with Crippen LogP contribution in [0.15, 0.2) is 54.3 Å². The van der Waals surface area contributed by atoms with Gasteiger partial charge in [-0.15, -0.1) is 11.3 Å². The van der Waals surface area contributed by atoms with E-state index in [9.17, 15) is 0 Å². The van der Waals surface area contributed by atoms with Gasteiger partial charge in [0.1, 0.15) is 22.8 Å². The van der Waals surface area contributed by atoms with Crippen LogP contribution in [0.4, 0.5) is 11.6 Å². The van der Waals surface area contributed by atoms with Crippen LogP contribution in [0.2, 0.25) is 5.02 Å². The maximum Gasteiger partial charge on any atom is 0.139 e. The molecule has 1 aliphatic heterocycles. The van der Waals surface area contributed by atoms with E-state index in [4.69, 9.17) is 11.6 Å². The first kappa shape index (κ1) is 20.2. The van der Waals surface area contributed by atoms with E-state index in [-0.39, 0.29) is 0 Å². The van der Waals surface area contributed by atoms with E-state index >= 15 is 0 Å². The zero-order valence-electron chi connectivity index (χ0n) is 17.3. The average molecular weight is 451 g/mol. The number of halogens is 1. The number of likely N-dealkylation sites (N-methyl/N-ethyl adjacent to an activating group) is 1. The number of anilines is 2. The van der Waals surface area contributed by atoms with Crippen molar-refractivity contribution in [3.8, 4) is 11.1 Å². The van der Waals surface area contributed by atoms with Crippen molar-refractivity contribution in [2.45, 2.75) is 6.54 Å². The molecule has 158 valence electrons. The molecule has 8 heteroatoms. The number of piperazine rings is 1. The summed E-state index contributed by atoms with van der Waals surface area (Å²) in [6.07, 6.45) is 3.56. The Balaban J connectivity index is 1.34. The van der Waals surface area contributed by atoms with Crippen LogP contribution in [0, 0.1) is 0 Å². The number of thiophene rings is 1. The Hall–Kier alpha value is -2.74. The van der Waals surface area contributed by atoms with Crippen LogP contribution in [0.25, 0.3) is 21.3 Å². The lowest BCUT2D eigenvalue weighted by Gasteiger charge is -2.33. The van der Waals surface area contributed by atoms with Crippen molar-refractivity contribution < 1.29 is 0 Å². The summed E-state index contributed by atoms with van der Waals surface area (Å²) in [5.41, 5.74) is 3.34. The van der Waals surface area contributed by atoms with E-state index in [1.165, 1.54) is 0 Å². The highest BCUT2D eigenvalue weighted by molar-refractivity contribution is 7.17. The van der Waals surface area contributed by atoms with Crippen molar-refractivity contribution in [3.63, 3.8) is 0 Å². The lowest BCUT2D eigenvalue weighted by molar-refractivity contribution is 0.312. The van der Waals surface area contributed by atoms with Gasteiger partial charge in [-0.1, -0.05) is 29.8 Å². The summed E-state index contributed by atoms with van der Waals surface area (Å²) in [6.45, 7) is 4.84. The molecule has 1 saturated heterocycles. The first-order valence-corrected chi connectivity index (χ1v) is 11.5. The lowest BCUT2D eigenvalue weighted by atomic mass is 10.1. The molecule has 0 radical (unpaired) electrons. The smallest absolute Gasteiger partial charge is 0.139 e. The molecule has 0 unspecified atom stereocenters. The third-order valence-electron chi connectivity index (χ3n) is 5.62. The highest BCUT2D eigenvalue weighted by atomic mass is 35.5.